The Morgan fingerprint density at radius 3 is 0.333 bits per heavy atom. The summed E-state index contributed by atoms with van der Waals surface area (Å²) >= 11 is 0. The minimum atomic E-state index is 1.06. The van der Waals surface area contributed by atoms with E-state index in [0.717, 1.165) is 6.32 Å². The molecule has 0 fully saturated rings. The van der Waals surface area contributed by atoms with Crippen molar-refractivity contribution in [3.05, 3.63) is 0 Å². The van der Waals surface area contributed by atoms with Crippen molar-refractivity contribution >= 4 is 429 Å². The monoisotopic (exact) mass is 735 g/mol. The molecule has 0 nitrogen and oxygen atoms in total. The van der Waals surface area contributed by atoms with Crippen molar-refractivity contribution in [1.29, 1.82) is 0 Å². The molecule has 0 amide bonds. The molecule has 0 atom stereocenters. The topological polar surface area (TPSA) is 0 Å². The third-order valence-electron chi connectivity index (χ3n) is 7.17. The SMILES string of the molecule is B=BB=BB=BB=BB=BB=BB=BB=BB=BB=BB=BB=BB=BB=BB=BB=BB=BB=BB=BB=BB=BB=BB=BB=BB=BB=BB=BB=BB=BB=BB=BB=BCC. The van der Waals surface area contributed by atoms with Crippen molar-refractivity contribution in [3.63, 3.8) is 0 Å². The molecule has 66 heavy (non-hydrogen) atoms. The fraction of sp³-hybridized carbons (Fsp3) is 1.00. The Kier molecular flexibility index (Phi) is 73.5. The van der Waals surface area contributed by atoms with E-state index in [2.05, 4.69) is 27.8 Å². The van der Waals surface area contributed by atoms with Crippen LogP contribution in [0.4, 0.5) is 0 Å². The van der Waals surface area contributed by atoms with Crippen molar-refractivity contribution in [2.45, 2.75) is 13.2 Å². The van der Waals surface area contributed by atoms with Gasteiger partial charge in [0.25, 0.3) is 0 Å². The van der Waals surface area contributed by atoms with Crippen LogP contribution in [-0.4, -0.2) is 429 Å². The van der Waals surface area contributed by atoms with Gasteiger partial charge in [-0.15, -0.1) is 0 Å². The van der Waals surface area contributed by atoms with Crippen LogP contribution in [0.1, 0.15) is 6.92 Å². The van der Waals surface area contributed by atoms with E-state index in [9.17, 15) is 0 Å². The molecule has 0 aliphatic heterocycles. The van der Waals surface area contributed by atoms with Gasteiger partial charge in [-0.05, 0) is 0 Å². The summed E-state index contributed by atoms with van der Waals surface area (Å²) in [5, 5.41) is 0. The van der Waals surface area contributed by atoms with Crippen LogP contribution in [0.2, 0.25) is 6.32 Å². The third kappa shape index (κ3) is 68.2. The molecule has 0 unspecified atom stereocenters. The predicted molar refractivity (Wildman–Crippen MR) is 380 cm³/mol. The Morgan fingerprint density at radius 2 is 0.242 bits per heavy atom. The standard InChI is InChI=1S/C2H6B64/c1-2-4-6-8-10-12-14-16-18-20-22-24-26-28-30-32-34-36-38-40-42-44-46-48-50-52-54-56-58-60-62-64-66-65-63-61-59-57-55-53-51-49-47-45-43-41-39-37-35-33-31-29-27-25-23-21-19-17-15-13-11-9-7-5-3/h3H,2H2,1H3. The number of hydrogen-bond donors (Lipinski definition) is 0. The van der Waals surface area contributed by atoms with Gasteiger partial charge < -0.3 is 0 Å². The third-order valence-corrected chi connectivity index (χ3v) is 7.17. The molecule has 206 valence electrons. The maximum atomic E-state index is 3.63. The molecular formula is C2H6B64. The van der Waals surface area contributed by atoms with Crippen LogP contribution in [0, 0.1) is 0 Å². The van der Waals surface area contributed by atoms with Crippen molar-refractivity contribution in [3.8, 4) is 0 Å². The van der Waals surface area contributed by atoms with E-state index in [1.807, 2.05) is 402 Å². The second-order valence-corrected chi connectivity index (χ2v) is 12.6. The molecule has 0 aromatic heterocycles. The van der Waals surface area contributed by atoms with E-state index >= 15 is 0 Å². The molecule has 0 saturated carbocycles. The molecule has 0 aromatic carbocycles. The van der Waals surface area contributed by atoms with Crippen LogP contribution in [0.25, 0.3) is 0 Å². The second-order valence-electron chi connectivity index (χ2n) is 12.6. The molecule has 0 saturated heterocycles. The van der Waals surface area contributed by atoms with Gasteiger partial charge in [-0.3, -0.25) is 0 Å². The molecule has 0 spiro atoms. The van der Waals surface area contributed by atoms with E-state index in [-0.39, 0.29) is 0 Å². The van der Waals surface area contributed by atoms with E-state index in [1.165, 1.54) is 0 Å². The molecule has 0 aliphatic carbocycles. The summed E-state index contributed by atoms with van der Waals surface area (Å²) in [6.07, 6.45) is 1.06. The summed E-state index contributed by atoms with van der Waals surface area (Å²) in [6, 6.07) is 0. The quantitative estimate of drug-likeness (QED) is 0.0607. The molecule has 0 N–H and O–H groups in total. The van der Waals surface area contributed by atoms with Crippen LogP contribution in [0.3, 0.4) is 0 Å². The number of rotatable bonds is 32. The van der Waals surface area contributed by atoms with Crippen molar-refractivity contribution < 1.29 is 0 Å². The summed E-state index contributed by atoms with van der Waals surface area (Å²) in [4.78, 5) is 0. The molecule has 64 heteroatoms. The first-order chi connectivity index (χ1) is 32.9. The van der Waals surface area contributed by atoms with Crippen LogP contribution < -0.4 is 0 Å². The molecular weight excluding hydrogens is 716 g/mol. The summed E-state index contributed by atoms with van der Waals surface area (Å²) in [5.41, 5.74) is 0. The first-order valence-electron chi connectivity index (χ1n) is 22.2. The van der Waals surface area contributed by atoms with Gasteiger partial charge >= 0.3 is 442 Å². The van der Waals surface area contributed by atoms with Gasteiger partial charge in [0.05, 0.1) is 0 Å². The Balaban J connectivity index is 4.08. The average molecular weight is 722 g/mol. The van der Waals surface area contributed by atoms with Crippen LogP contribution >= 0.6 is 0 Å². The molecule has 0 radical (unpaired) electrons. The van der Waals surface area contributed by atoms with Crippen molar-refractivity contribution in [1.82, 2.24) is 0 Å². The zero-order valence-corrected chi connectivity index (χ0v) is 38.8. The molecule has 0 aliphatic rings. The number of hydrogen-bond acceptors (Lipinski definition) is 0. The maximum absolute atomic E-state index is 3.63. The Bertz CT molecular complexity index is 2210. The minimum absolute atomic E-state index is 1.06. The first-order valence-corrected chi connectivity index (χ1v) is 22.2. The van der Waals surface area contributed by atoms with Gasteiger partial charge in [0.1, 0.15) is 0 Å². The fourth-order valence-electron chi connectivity index (χ4n) is 4.08. The average Bonchev–Trinajstić information content (AvgIpc) is 3.33. The second kappa shape index (κ2) is 69.2. The molecule has 0 aromatic rings. The van der Waals surface area contributed by atoms with E-state index in [0.29, 0.717) is 0 Å². The van der Waals surface area contributed by atoms with E-state index < -0.39 is 0 Å². The zero-order chi connectivity index (χ0) is 47.3. The summed E-state index contributed by atoms with van der Waals surface area (Å²) < 4.78 is 0. The van der Waals surface area contributed by atoms with Gasteiger partial charge in [0.2, 0.25) is 0 Å². The fourth-order valence-corrected chi connectivity index (χ4v) is 4.08. The van der Waals surface area contributed by atoms with Gasteiger partial charge in [0, 0.05) is 0 Å². The Labute approximate surface area is 438 Å². The van der Waals surface area contributed by atoms with Crippen LogP contribution in [0.5, 0.6) is 0 Å². The predicted octanol–water partition coefficient (Wildman–Crippen LogP) is -23.7. The van der Waals surface area contributed by atoms with Gasteiger partial charge in [0.15, 0.2) is 0 Å². The van der Waals surface area contributed by atoms with Gasteiger partial charge in [-0.1, -0.05) is 0 Å². The Hall–Kier alpha value is 4.16. The van der Waals surface area contributed by atoms with Crippen LogP contribution in [0.15, 0.2) is 0 Å². The normalized spacial score (nSPS) is 7.82. The van der Waals surface area contributed by atoms with Gasteiger partial charge in [-0.2, -0.15) is 0 Å². The molecule has 0 bridgehead atoms. The van der Waals surface area contributed by atoms with E-state index in [4.69, 9.17) is 0 Å². The Morgan fingerprint density at radius 1 is 0.152 bits per heavy atom. The zero-order valence-electron chi connectivity index (χ0n) is 38.8. The van der Waals surface area contributed by atoms with Crippen molar-refractivity contribution in [2.24, 2.45) is 0 Å². The van der Waals surface area contributed by atoms with Gasteiger partial charge in [-0.25, -0.2) is 0 Å². The summed E-state index contributed by atoms with van der Waals surface area (Å²) in [5.74, 6) is 0. The molecule has 0 rings (SSSR count). The van der Waals surface area contributed by atoms with Crippen LogP contribution in [-0.2, 0) is 0 Å². The van der Waals surface area contributed by atoms with Crippen molar-refractivity contribution in [2.75, 3.05) is 0 Å². The summed E-state index contributed by atoms with van der Waals surface area (Å²) in [6.45, 7) is 128. The van der Waals surface area contributed by atoms with E-state index in [1.54, 1.807) is 6.69 Å². The summed E-state index contributed by atoms with van der Waals surface area (Å²) in [7, 11) is 3.63. The first kappa shape index (κ1) is 70.2. The molecule has 0 heterocycles.